The van der Waals surface area contributed by atoms with Gasteiger partial charge in [-0.15, -0.1) is 0 Å². The molecular weight excluding hydrogens is 324 g/mol. The third-order valence-electron chi connectivity index (χ3n) is 5.06. The number of nitrogens with two attached hydrogens (primary N) is 1. The number of hydrogen-bond donors (Lipinski definition) is 3. The fraction of sp³-hybridized carbons (Fsp3) is 0.381. The van der Waals surface area contributed by atoms with E-state index >= 15 is 0 Å². The van der Waals surface area contributed by atoms with E-state index in [9.17, 15) is 4.79 Å². The monoisotopic (exact) mass is 352 g/mol. The van der Waals surface area contributed by atoms with Gasteiger partial charge in [0.2, 0.25) is 0 Å². The molecule has 0 aliphatic carbocycles. The minimum atomic E-state index is -0.510. The summed E-state index contributed by atoms with van der Waals surface area (Å²) in [6, 6.07) is 16.1. The molecule has 2 amide bonds. The van der Waals surface area contributed by atoms with Crippen LogP contribution in [-0.2, 0) is 6.54 Å². The highest BCUT2D eigenvalue weighted by molar-refractivity contribution is 5.71. The Bertz CT molecular complexity index is 728. The summed E-state index contributed by atoms with van der Waals surface area (Å²) in [5.74, 6) is 0. The first-order valence-electron chi connectivity index (χ1n) is 9.16. The molecule has 2 aromatic carbocycles. The van der Waals surface area contributed by atoms with Crippen molar-refractivity contribution in [3.05, 3.63) is 54.1 Å². The Kier molecular flexibility index (Phi) is 5.35. The van der Waals surface area contributed by atoms with Gasteiger partial charge in [-0.05, 0) is 60.2 Å². The number of hydrogen-bond acceptors (Lipinski definition) is 3. The minimum Gasteiger partial charge on any atom is -0.371 e. The van der Waals surface area contributed by atoms with E-state index in [2.05, 4.69) is 53.6 Å². The highest BCUT2D eigenvalue weighted by Crippen LogP contribution is 2.32. The molecule has 0 spiro atoms. The maximum absolute atomic E-state index is 10.7. The van der Waals surface area contributed by atoms with E-state index < -0.39 is 6.03 Å². The largest absolute Gasteiger partial charge is 0.371 e. The summed E-state index contributed by atoms with van der Waals surface area (Å²) in [4.78, 5) is 13.2. The van der Waals surface area contributed by atoms with Crippen molar-refractivity contribution in [1.29, 1.82) is 0 Å². The first kappa shape index (κ1) is 18.1. The number of benzene rings is 2. The number of carbonyl (C=O) groups is 1. The summed E-state index contributed by atoms with van der Waals surface area (Å²) in [5, 5.41) is 6.00. The van der Waals surface area contributed by atoms with Crippen molar-refractivity contribution in [2.45, 2.75) is 33.2 Å². The molecule has 5 heteroatoms. The van der Waals surface area contributed by atoms with Gasteiger partial charge in [-0.25, -0.2) is 4.79 Å². The van der Waals surface area contributed by atoms with Gasteiger partial charge in [0.15, 0.2) is 0 Å². The number of amides is 2. The fourth-order valence-corrected chi connectivity index (χ4v) is 3.19. The van der Waals surface area contributed by atoms with Crippen LogP contribution < -0.4 is 21.3 Å². The Hall–Kier alpha value is -2.69. The Morgan fingerprint density at radius 1 is 1.00 bits per heavy atom. The molecule has 0 radical (unpaired) electrons. The molecule has 1 saturated heterocycles. The lowest BCUT2D eigenvalue weighted by molar-refractivity contribution is 0.248. The van der Waals surface area contributed by atoms with Crippen LogP contribution in [0.4, 0.5) is 21.9 Å². The van der Waals surface area contributed by atoms with Crippen LogP contribution >= 0.6 is 0 Å². The van der Waals surface area contributed by atoms with Crippen LogP contribution in [0, 0.1) is 5.41 Å². The second-order valence-corrected chi connectivity index (χ2v) is 7.74. The van der Waals surface area contributed by atoms with E-state index in [0.29, 0.717) is 12.0 Å². The molecule has 3 rings (SSSR count). The zero-order chi connectivity index (χ0) is 18.6. The SMILES string of the molecule is CC1(C)CCN(c2ccc(Nc3ccc(CNC(N)=O)cc3)cc2)CC1. The molecule has 2 aromatic rings. The van der Waals surface area contributed by atoms with Crippen LogP contribution in [0.5, 0.6) is 0 Å². The number of rotatable bonds is 5. The lowest BCUT2D eigenvalue weighted by Crippen LogP contribution is -2.37. The lowest BCUT2D eigenvalue weighted by Gasteiger charge is -2.38. The molecule has 0 unspecified atom stereocenters. The number of primary amides is 1. The van der Waals surface area contributed by atoms with E-state index in [-0.39, 0.29) is 0 Å². The molecule has 138 valence electrons. The van der Waals surface area contributed by atoms with Crippen LogP contribution in [-0.4, -0.2) is 19.1 Å². The van der Waals surface area contributed by atoms with Gasteiger partial charge < -0.3 is 21.3 Å². The average Bonchev–Trinajstić information content (AvgIpc) is 2.62. The smallest absolute Gasteiger partial charge is 0.312 e. The predicted octanol–water partition coefficient (Wildman–Crippen LogP) is 4.22. The van der Waals surface area contributed by atoms with E-state index in [1.54, 1.807) is 0 Å². The Balaban J connectivity index is 1.56. The van der Waals surface area contributed by atoms with Crippen molar-refractivity contribution >= 4 is 23.1 Å². The molecule has 4 N–H and O–H groups in total. The third kappa shape index (κ3) is 4.91. The fourth-order valence-electron chi connectivity index (χ4n) is 3.19. The molecule has 1 fully saturated rings. The molecule has 1 heterocycles. The van der Waals surface area contributed by atoms with E-state index in [0.717, 1.165) is 30.0 Å². The maximum Gasteiger partial charge on any atom is 0.312 e. The highest BCUT2D eigenvalue weighted by atomic mass is 16.2. The van der Waals surface area contributed by atoms with Gasteiger partial charge in [-0.2, -0.15) is 0 Å². The maximum atomic E-state index is 10.7. The van der Waals surface area contributed by atoms with Gasteiger partial charge in [0.1, 0.15) is 0 Å². The Morgan fingerprint density at radius 2 is 1.54 bits per heavy atom. The van der Waals surface area contributed by atoms with E-state index in [1.807, 2.05) is 24.3 Å². The summed E-state index contributed by atoms with van der Waals surface area (Å²) in [6.45, 7) is 7.40. The van der Waals surface area contributed by atoms with Crippen LogP contribution in [0.15, 0.2) is 48.5 Å². The second-order valence-electron chi connectivity index (χ2n) is 7.74. The summed E-state index contributed by atoms with van der Waals surface area (Å²) < 4.78 is 0. The number of urea groups is 1. The van der Waals surface area contributed by atoms with Crippen LogP contribution in [0.1, 0.15) is 32.3 Å². The normalized spacial score (nSPS) is 16.2. The topological polar surface area (TPSA) is 70.4 Å². The van der Waals surface area contributed by atoms with Gasteiger partial charge in [0.25, 0.3) is 0 Å². The lowest BCUT2D eigenvalue weighted by atomic mass is 9.82. The summed E-state index contributed by atoms with van der Waals surface area (Å²) in [7, 11) is 0. The standard InChI is InChI=1S/C21H28N4O/c1-21(2)11-13-25(14-12-21)19-9-7-18(8-10-19)24-17-5-3-16(4-6-17)15-23-20(22)26/h3-10,24H,11-15H2,1-2H3,(H3,22,23,26). The molecule has 0 aromatic heterocycles. The number of carbonyl (C=O) groups excluding carboxylic acids is 1. The molecule has 0 atom stereocenters. The Labute approximate surface area is 155 Å². The first-order valence-corrected chi connectivity index (χ1v) is 9.16. The predicted molar refractivity (Wildman–Crippen MR) is 108 cm³/mol. The van der Waals surface area contributed by atoms with Crippen molar-refractivity contribution in [2.24, 2.45) is 11.1 Å². The van der Waals surface area contributed by atoms with Crippen LogP contribution in [0.3, 0.4) is 0 Å². The molecule has 26 heavy (non-hydrogen) atoms. The molecule has 0 saturated carbocycles. The van der Waals surface area contributed by atoms with Crippen molar-refractivity contribution in [1.82, 2.24) is 5.32 Å². The zero-order valence-electron chi connectivity index (χ0n) is 15.6. The van der Waals surface area contributed by atoms with Gasteiger partial charge in [0, 0.05) is 36.7 Å². The van der Waals surface area contributed by atoms with Crippen molar-refractivity contribution < 1.29 is 4.79 Å². The van der Waals surface area contributed by atoms with Gasteiger partial charge in [-0.1, -0.05) is 26.0 Å². The van der Waals surface area contributed by atoms with Gasteiger partial charge in [0.05, 0.1) is 0 Å². The van der Waals surface area contributed by atoms with Crippen molar-refractivity contribution in [3.63, 3.8) is 0 Å². The quantitative estimate of drug-likeness (QED) is 0.754. The number of anilines is 3. The molecule has 5 nitrogen and oxygen atoms in total. The first-order chi connectivity index (χ1) is 12.4. The van der Waals surface area contributed by atoms with Gasteiger partial charge in [-0.3, -0.25) is 0 Å². The highest BCUT2D eigenvalue weighted by Gasteiger charge is 2.25. The van der Waals surface area contributed by atoms with Crippen LogP contribution in [0.25, 0.3) is 0 Å². The average molecular weight is 352 g/mol. The summed E-state index contributed by atoms with van der Waals surface area (Å²) in [6.07, 6.45) is 2.48. The number of nitrogens with one attached hydrogen (secondary N) is 2. The van der Waals surface area contributed by atoms with Crippen molar-refractivity contribution in [3.8, 4) is 0 Å². The molecule has 0 bridgehead atoms. The number of piperidine rings is 1. The summed E-state index contributed by atoms with van der Waals surface area (Å²) >= 11 is 0. The van der Waals surface area contributed by atoms with Gasteiger partial charge >= 0.3 is 6.03 Å². The van der Waals surface area contributed by atoms with E-state index in [1.165, 1.54) is 18.5 Å². The molecular formula is C21H28N4O. The number of nitrogens with zero attached hydrogens (tertiary/aromatic N) is 1. The third-order valence-corrected chi connectivity index (χ3v) is 5.06. The van der Waals surface area contributed by atoms with E-state index in [4.69, 9.17) is 5.73 Å². The Morgan fingerprint density at radius 3 is 2.08 bits per heavy atom. The zero-order valence-corrected chi connectivity index (χ0v) is 15.6. The molecule has 1 aliphatic heterocycles. The second kappa shape index (κ2) is 7.68. The van der Waals surface area contributed by atoms with Crippen LogP contribution in [0.2, 0.25) is 0 Å². The summed E-state index contributed by atoms with van der Waals surface area (Å²) in [5.41, 5.74) is 9.94. The molecule has 1 aliphatic rings. The minimum absolute atomic E-state index is 0.441. The van der Waals surface area contributed by atoms with Crippen molar-refractivity contribution in [2.75, 3.05) is 23.3 Å².